The summed E-state index contributed by atoms with van der Waals surface area (Å²) in [5, 5.41) is 8.06. The molecule has 28 heavy (non-hydrogen) atoms. The van der Waals surface area contributed by atoms with Gasteiger partial charge >= 0.3 is 0 Å². The van der Waals surface area contributed by atoms with Gasteiger partial charge in [-0.05, 0) is 36.8 Å². The predicted molar refractivity (Wildman–Crippen MR) is 98.5 cm³/mol. The Hall–Kier alpha value is -2.59. The molecule has 3 aromatic heterocycles. The number of aryl methyl sites for hydroxylation is 1. The van der Waals surface area contributed by atoms with Crippen LogP contribution in [0.4, 0.5) is 0 Å². The van der Waals surface area contributed by atoms with Gasteiger partial charge in [0.15, 0.2) is 0 Å². The molecule has 2 aliphatic rings. The predicted octanol–water partition coefficient (Wildman–Crippen LogP) is 1.82. The van der Waals surface area contributed by atoms with Crippen LogP contribution in [0, 0.1) is 5.41 Å². The molecule has 10 heteroatoms. The summed E-state index contributed by atoms with van der Waals surface area (Å²) in [5.74, 6) is 1.39. The van der Waals surface area contributed by atoms with Crippen molar-refractivity contribution >= 4 is 10.0 Å². The Kier molecular flexibility index (Phi) is 3.88. The highest BCUT2D eigenvalue weighted by Gasteiger charge is 2.59. The number of pyridine rings is 1. The van der Waals surface area contributed by atoms with E-state index in [9.17, 15) is 8.42 Å². The van der Waals surface area contributed by atoms with E-state index in [1.54, 1.807) is 23.7 Å². The van der Waals surface area contributed by atoms with Crippen LogP contribution in [0.15, 0.2) is 46.3 Å². The lowest BCUT2D eigenvalue weighted by molar-refractivity contribution is 0.242. The third-order valence-corrected chi connectivity index (χ3v) is 7.74. The van der Waals surface area contributed by atoms with Crippen molar-refractivity contribution in [2.24, 2.45) is 12.5 Å². The Morgan fingerprint density at radius 1 is 1.25 bits per heavy atom. The standard InChI is InChI=1S/C18H20N6O3S/c1-23-12-14(11-20-23)28(25,26)24-7-4-18(5-8-24)9-15(18)17-21-16(22-27-17)13-3-2-6-19-10-13/h2-3,6,10-12,15H,4-5,7-9H2,1H3. The molecule has 1 aliphatic heterocycles. The Labute approximate surface area is 162 Å². The Balaban J connectivity index is 1.27. The molecule has 1 saturated heterocycles. The molecule has 0 N–H and O–H groups in total. The summed E-state index contributed by atoms with van der Waals surface area (Å²) in [6, 6.07) is 3.73. The second kappa shape index (κ2) is 6.21. The fourth-order valence-electron chi connectivity index (χ4n) is 4.09. The zero-order valence-corrected chi connectivity index (χ0v) is 16.2. The summed E-state index contributed by atoms with van der Waals surface area (Å²) in [5.41, 5.74) is 0.893. The molecule has 1 spiro atoms. The average molecular weight is 400 g/mol. The van der Waals surface area contributed by atoms with Crippen molar-refractivity contribution in [1.29, 1.82) is 0 Å². The van der Waals surface area contributed by atoms with E-state index in [2.05, 4.69) is 20.2 Å². The van der Waals surface area contributed by atoms with E-state index in [0.717, 1.165) is 24.8 Å². The van der Waals surface area contributed by atoms with Crippen molar-refractivity contribution in [2.75, 3.05) is 13.1 Å². The average Bonchev–Trinajstić information content (AvgIpc) is 3.06. The molecule has 0 bridgehead atoms. The van der Waals surface area contributed by atoms with Crippen LogP contribution < -0.4 is 0 Å². The van der Waals surface area contributed by atoms with Crippen molar-refractivity contribution in [1.82, 2.24) is 29.2 Å². The zero-order chi connectivity index (χ0) is 19.4. The van der Waals surface area contributed by atoms with Gasteiger partial charge < -0.3 is 4.52 Å². The molecule has 1 saturated carbocycles. The van der Waals surface area contributed by atoms with Gasteiger partial charge in [-0.25, -0.2) is 8.42 Å². The first kappa shape index (κ1) is 17.5. The number of hydrogen-bond acceptors (Lipinski definition) is 7. The number of aromatic nitrogens is 5. The SMILES string of the molecule is Cn1cc(S(=O)(=O)N2CCC3(CC2)CC3c2nc(-c3cccnc3)no2)cn1. The van der Waals surface area contributed by atoms with E-state index >= 15 is 0 Å². The van der Waals surface area contributed by atoms with Gasteiger partial charge in [-0.3, -0.25) is 9.67 Å². The van der Waals surface area contributed by atoms with E-state index < -0.39 is 10.0 Å². The quantitative estimate of drug-likeness (QED) is 0.657. The third-order valence-electron chi connectivity index (χ3n) is 5.89. The minimum Gasteiger partial charge on any atom is -0.339 e. The molecular formula is C18H20N6O3S. The largest absolute Gasteiger partial charge is 0.339 e. The van der Waals surface area contributed by atoms with Crippen LogP contribution in [-0.4, -0.2) is 50.7 Å². The smallest absolute Gasteiger partial charge is 0.246 e. The summed E-state index contributed by atoms with van der Waals surface area (Å²) in [4.78, 5) is 8.88. The fourth-order valence-corrected chi connectivity index (χ4v) is 5.52. The van der Waals surface area contributed by atoms with Gasteiger partial charge in [-0.1, -0.05) is 5.16 Å². The maximum atomic E-state index is 12.8. The summed E-state index contributed by atoms with van der Waals surface area (Å²) in [7, 11) is -1.77. The van der Waals surface area contributed by atoms with Crippen LogP contribution in [0.3, 0.4) is 0 Å². The molecule has 2 fully saturated rings. The summed E-state index contributed by atoms with van der Waals surface area (Å²) in [6.07, 6.45) is 8.90. The first-order valence-corrected chi connectivity index (χ1v) is 10.6. The first-order chi connectivity index (χ1) is 13.5. The number of hydrogen-bond donors (Lipinski definition) is 0. The molecule has 1 aliphatic carbocycles. The molecule has 1 unspecified atom stereocenters. The van der Waals surface area contributed by atoms with Crippen LogP contribution in [-0.2, 0) is 17.1 Å². The first-order valence-electron chi connectivity index (χ1n) is 9.21. The second-order valence-corrected chi connectivity index (χ2v) is 9.51. The van der Waals surface area contributed by atoms with Gasteiger partial charge in [0, 0.05) is 50.2 Å². The summed E-state index contributed by atoms with van der Waals surface area (Å²) >= 11 is 0. The van der Waals surface area contributed by atoms with Gasteiger partial charge in [0.25, 0.3) is 0 Å². The highest BCUT2D eigenvalue weighted by atomic mass is 32.2. The van der Waals surface area contributed by atoms with Gasteiger partial charge in [0.1, 0.15) is 4.90 Å². The number of nitrogens with zero attached hydrogens (tertiary/aromatic N) is 6. The van der Waals surface area contributed by atoms with Crippen molar-refractivity contribution in [3.8, 4) is 11.4 Å². The number of rotatable bonds is 4. The van der Waals surface area contributed by atoms with Crippen molar-refractivity contribution in [3.63, 3.8) is 0 Å². The normalized spacial score (nSPS) is 21.8. The van der Waals surface area contributed by atoms with Crippen LogP contribution >= 0.6 is 0 Å². The Bertz CT molecular complexity index is 1100. The monoisotopic (exact) mass is 400 g/mol. The molecule has 3 aromatic rings. The molecule has 0 amide bonds. The van der Waals surface area contributed by atoms with E-state index in [1.165, 1.54) is 17.1 Å². The molecule has 146 valence electrons. The Morgan fingerprint density at radius 2 is 2.07 bits per heavy atom. The Morgan fingerprint density at radius 3 is 2.75 bits per heavy atom. The molecule has 5 rings (SSSR count). The summed E-state index contributed by atoms with van der Waals surface area (Å²) < 4.78 is 34.1. The van der Waals surface area contributed by atoms with E-state index in [1.807, 2.05) is 12.1 Å². The van der Waals surface area contributed by atoms with Crippen LogP contribution in [0.1, 0.15) is 31.1 Å². The van der Waals surface area contributed by atoms with Crippen molar-refractivity contribution in [3.05, 3.63) is 42.8 Å². The maximum Gasteiger partial charge on any atom is 0.246 e. The highest BCUT2D eigenvalue weighted by molar-refractivity contribution is 7.89. The van der Waals surface area contributed by atoms with Gasteiger partial charge in [-0.15, -0.1) is 0 Å². The topological polar surface area (TPSA) is 107 Å². The number of piperidine rings is 1. The van der Waals surface area contributed by atoms with Crippen molar-refractivity contribution in [2.45, 2.75) is 30.1 Å². The molecule has 4 heterocycles. The summed E-state index contributed by atoms with van der Waals surface area (Å²) in [6.45, 7) is 0.995. The minimum atomic E-state index is -3.49. The van der Waals surface area contributed by atoms with Crippen LogP contribution in [0.2, 0.25) is 0 Å². The van der Waals surface area contributed by atoms with Gasteiger partial charge in [0.2, 0.25) is 21.7 Å². The van der Waals surface area contributed by atoms with Crippen molar-refractivity contribution < 1.29 is 12.9 Å². The third kappa shape index (κ3) is 2.83. The van der Waals surface area contributed by atoms with Gasteiger partial charge in [0.05, 0.1) is 6.20 Å². The lowest BCUT2D eigenvalue weighted by atomic mass is 9.92. The van der Waals surface area contributed by atoms with E-state index in [0.29, 0.717) is 24.8 Å². The molecule has 0 radical (unpaired) electrons. The number of sulfonamides is 1. The van der Waals surface area contributed by atoms with Crippen LogP contribution in [0.25, 0.3) is 11.4 Å². The molecule has 1 atom stereocenters. The zero-order valence-electron chi connectivity index (χ0n) is 15.4. The minimum absolute atomic E-state index is 0.0691. The maximum absolute atomic E-state index is 12.8. The van der Waals surface area contributed by atoms with E-state index in [-0.39, 0.29) is 16.2 Å². The van der Waals surface area contributed by atoms with E-state index in [4.69, 9.17) is 4.52 Å². The van der Waals surface area contributed by atoms with Gasteiger partial charge in [-0.2, -0.15) is 14.4 Å². The molecular weight excluding hydrogens is 380 g/mol. The molecule has 9 nitrogen and oxygen atoms in total. The second-order valence-electron chi connectivity index (χ2n) is 7.57. The highest BCUT2D eigenvalue weighted by Crippen LogP contribution is 2.64. The van der Waals surface area contributed by atoms with Crippen LogP contribution in [0.5, 0.6) is 0 Å². The molecule has 0 aromatic carbocycles. The fraction of sp³-hybridized carbons (Fsp3) is 0.444. The lowest BCUT2D eigenvalue weighted by Gasteiger charge is -2.31. The lowest BCUT2D eigenvalue weighted by Crippen LogP contribution is -2.39.